The summed E-state index contributed by atoms with van der Waals surface area (Å²) in [6.07, 6.45) is 1.77. The van der Waals surface area contributed by atoms with Crippen LogP contribution in [-0.4, -0.2) is 30.3 Å². The Morgan fingerprint density at radius 1 is 0.931 bits per heavy atom. The molecular formula is C23H20BrN5. The van der Waals surface area contributed by atoms with Gasteiger partial charge in [-0.3, -0.25) is 0 Å². The zero-order valence-corrected chi connectivity index (χ0v) is 17.8. The van der Waals surface area contributed by atoms with Crippen LogP contribution in [0.15, 0.2) is 82.4 Å². The second-order valence-electron chi connectivity index (χ2n) is 6.78. The number of nitrogens with zero attached hydrogens (tertiary/aromatic N) is 4. The average molecular weight is 446 g/mol. The van der Waals surface area contributed by atoms with E-state index >= 15 is 0 Å². The molecule has 0 aliphatic rings. The number of hydrogen-bond donors (Lipinski definition) is 1. The van der Waals surface area contributed by atoms with Gasteiger partial charge in [-0.2, -0.15) is 5.10 Å². The van der Waals surface area contributed by atoms with Crippen molar-refractivity contribution in [2.75, 3.05) is 24.4 Å². The number of aromatic nitrogens is 2. The minimum absolute atomic E-state index is 0.457. The van der Waals surface area contributed by atoms with E-state index in [1.54, 1.807) is 6.21 Å². The summed E-state index contributed by atoms with van der Waals surface area (Å²) in [7, 11) is 4.03. The number of hydrogen-bond acceptors (Lipinski definition) is 5. The van der Waals surface area contributed by atoms with Gasteiger partial charge in [-0.1, -0.05) is 58.4 Å². The van der Waals surface area contributed by atoms with Crippen molar-refractivity contribution in [3.05, 3.63) is 82.8 Å². The number of fused-ring (bicyclic) bond motifs is 1. The normalized spacial score (nSPS) is 11.1. The molecule has 0 saturated heterocycles. The van der Waals surface area contributed by atoms with Gasteiger partial charge in [-0.05, 0) is 35.9 Å². The molecule has 0 aliphatic carbocycles. The Morgan fingerprint density at radius 3 is 2.55 bits per heavy atom. The van der Waals surface area contributed by atoms with Crippen LogP contribution in [0.2, 0.25) is 0 Å². The number of rotatable bonds is 5. The molecule has 6 heteroatoms. The second kappa shape index (κ2) is 8.41. The van der Waals surface area contributed by atoms with E-state index in [-0.39, 0.29) is 0 Å². The Hall–Kier alpha value is -3.25. The van der Waals surface area contributed by atoms with E-state index in [2.05, 4.69) is 48.5 Å². The van der Waals surface area contributed by atoms with Crippen LogP contribution in [0.3, 0.4) is 0 Å². The van der Waals surface area contributed by atoms with Crippen molar-refractivity contribution >= 4 is 44.7 Å². The Morgan fingerprint density at radius 2 is 1.76 bits per heavy atom. The molecule has 1 heterocycles. The molecule has 4 rings (SSSR count). The first-order chi connectivity index (χ1) is 14.1. The van der Waals surface area contributed by atoms with Gasteiger partial charge < -0.3 is 4.90 Å². The van der Waals surface area contributed by atoms with E-state index in [0.29, 0.717) is 5.95 Å². The largest absolute Gasteiger partial charge is 0.378 e. The van der Waals surface area contributed by atoms with Crippen LogP contribution in [0.1, 0.15) is 5.56 Å². The predicted molar refractivity (Wildman–Crippen MR) is 125 cm³/mol. The maximum absolute atomic E-state index is 4.72. The third-order valence-electron chi connectivity index (χ3n) is 4.47. The standard InChI is InChI=1S/C23H20BrN5/c1-29(2)19-10-6-7-16(13-19)15-25-28-23-26-21-12-11-18(24)14-20(21)22(27-23)17-8-4-3-5-9-17/h3-15H,1-2H3,(H,26,27,28). The summed E-state index contributed by atoms with van der Waals surface area (Å²) in [6, 6.07) is 24.2. The first kappa shape index (κ1) is 19.1. The maximum atomic E-state index is 4.72. The van der Waals surface area contributed by atoms with Crippen molar-refractivity contribution in [2.45, 2.75) is 0 Å². The van der Waals surface area contributed by atoms with Gasteiger partial charge in [0.2, 0.25) is 5.95 Å². The molecule has 0 fully saturated rings. The van der Waals surface area contributed by atoms with E-state index in [1.165, 1.54) is 0 Å². The molecule has 3 aromatic carbocycles. The summed E-state index contributed by atoms with van der Waals surface area (Å²) in [5.74, 6) is 0.457. The smallest absolute Gasteiger partial charge is 0.244 e. The highest BCUT2D eigenvalue weighted by Gasteiger charge is 2.10. The molecule has 0 atom stereocenters. The lowest BCUT2D eigenvalue weighted by atomic mass is 10.1. The Bertz CT molecular complexity index is 1170. The number of halogens is 1. The van der Waals surface area contributed by atoms with Crippen molar-refractivity contribution in [3.8, 4) is 11.3 Å². The summed E-state index contributed by atoms with van der Waals surface area (Å²) in [5.41, 5.74) is 7.85. The van der Waals surface area contributed by atoms with E-state index in [1.807, 2.05) is 74.8 Å². The van der Waals surface area contributed by atoms with Crippen LogP contribution < -0.4 is 10.3 Å². The summed E-state index contributed by atoms with van der Waals surface area (Å²) in [4.78, 5) is 11.4. The quantitative estimate of drug-likeness (QED) is 0.322. The molecule has 1 N–H and O–H groups in total. The third kappa shape index (κ3) is 4.43. The molecule has 0 aliphatic heterocycles. The molecule has 0 amide bonds. The fraction of sp³-hybridized carbons (Fsp3) is 0.0870. The van der Waals surface area contributed by atoms with Gasteiger partial charge in [0.05, 0.1) is 17.4 Å². The van der Waals surface area contributed by atoms with Crippen LogP contribution in [0.5, 0.6) is 0 Å². The number of benzene rings is 3. The average Bonchev–Trinajstić information content (AvgIpc) is 2.74. The van der Waals surface area contributed by atoms with Crippen molar-refractivity contribution in [2.24, 2.45) is 5.10 Å². The molecule has 1 aromatic heterocycles. The van der Waals surface area contributed by atoms with E-state index in [0.717, 1.165) is 37.9 Å². The summed E-state index contributed by atoms with van der Waals surface area (Å²) >= 11 is 3.54. The Kier molecular flexibility index (Phi) is 5.53. The minimum atomic E-state index is 0.457. The van der Waals surface area contributed by atoms with Crippen LogP contribution >= 0.6 is 15.9 Å². The molecule has 0 unspecified atom stereocenters. The second-order valence-corrected chi connectivity index (χ2v) is 7.70. The van der Waals surface area contributed by atoms with E-state index < -0.39 is 0 Å². The molecule has 144 valence electrons. The van der Waals surface area contributed by atoms with Gasteiger partial charge in [-0.25, -0.2) is 15.4 Å². The number of hydrazone groups is 1. The number of anilines is 2. The van der Waals surface area contributed by atoms with Crippen molar-refractivity contribution in [1.82, 2.24) is 9.97 Å². The van der Waals surface area contributed by atoms with Crippen LogP contribution in [0, 0.1) is 0 Å². The zero-order chi connectivity index (χ0) is 20.2. The fourth-order valence-electron chi connectivity index (χ4n) is 3.01. The molecule has 0 radical (unpaired) electrons. The van der Waals surface area contributed by atoms with Crippen molar-refractivity contribution in [3.63, 3.8) is 0 Å². The molecule has 29 heavy (non-hydrogen) atoms. The first-order valence-corrected chi connectivity index (χ1v) is 9.99. The lowest BCUT2D eigenvalue weighted by molar-refractivity contribution is 1.13. The Labute approximate surface area is 178 Å². The topological polar surface area (TPSA) is 53.4 Å². The highest BCUT2D eigenvalue weighted by molar-refractivity contribution is 9.10. The molecule has 5 nitrogen and oxygen atoms in total. The van der Waals surface area contributed by atoms with Gasteiger partial charge in [0.15, 0.2) is 0 Å². The zero-order valence-electron chi connectivity index (χ0n) is 16.2. The molecule has 0 bridgehead atoms. The maximum Gasteiger partial charge on any atom is 0.244 e. The highest BCUT2D eigenvalue weighted by atomic mass is 79.9. The minimum Gasteiger partial charge on any atom is -0.378 e. The van der Waals surface area contributed by atoms with Gasteiger partial charge >= 0.3 is 0 Å². The van der Waals surface area contributed by atoms with Gasteiger partial charge in [0.25, 0.3) is 0 Å². The summed E-state index contributed by atoms with van der Waals surface area (Å²) in [5, 5.41) is 5.33. The fourth-order valence-corrected chi connectivity index (χ4v) is 3.38. The molecule has 0 spiro atoms. The predicted octanol–water partition coefficient (Wildman–Crippen LogP) is 5.57. The molecular weight excluding hydrogens is 426 g/mol. The van der Waals surface area contributed by atoms with Crippen molar-refractivity contribution in [1.29, 1.82) is 0 Å². The van der Waals surface area contributed by atoms with E-state index in [4.69, 9.17) is 4.98 Å². The van der Waals surface area contributed by atoms with Crippen LogP contribution in [0.4, 0.5) is 11.6 Å². The van der Waals surface area contributed by atoms with Gasteiger partial charge in [0, 0.05) is 35.2 Å². The number of nitrogens with one attached hydrogen (secondary N) is 1. The molecule has 0 saturated carbocycles. The molecule has 4 aromatic rings. The van der Waals surface area contributed by atoms with E-state index in [9.17, 15) is 0 Å². The Balaban J connectivity index is 1.68. The third-order valence-corrected chi connectivity index (χ3v) is 4.96. The van der Waals surface area contributed by atoms with Crippen molar-refractivity contribution < 1.29 is 0 Å². The highest BCUT2D eigenvalue weighted by Crippen LogP contribution is 2.29. The lowest BCUT2D eigenvalue weighted by Gasteiger charge is -2.12. The van der Waals surface area contributed by atoms with Crippen LogP contribution in [0.25, 0.3) is 22.2 Å². The lowest BCUT2D eigenvalue weighted by Crippen LogP contribution is -2.08. The SMILES string of the molecule is CN(C)c1cccc(C=NNc2nc(-c3ccccc3)c3cc(Br)ccc3n2)c1. The summed E-state index contributed by atoms with van der Waals surface area (Å²) < 4.78 is 0.991. The first-order valence-electron chi connectivity index (χ1n) is 9.19. The van der Waals surface area contributed by atoms with Gasteiger partial charge in [-0.15, -0.1) is 0 Å². The van der Waals surface area contributed by atoms with Gasteiger partial charge in [0.1, 0.15) is 0 Å². The summed E-state index contributed by atoms with van der Waals surface area (Å²) in [6.45, 7) is 0. The monoisotopic (exact) mass is 445 g/mol. The van der Waals surface area contributed by atoms with Crippen LogP contribution in [-0.2, 0) is 0 Å².